The lowest BCUT2D eigenvalue weighted by Crippen LogP contribution is -2.43. The van der Waals surface area contributed by atoms with E-state index in [4.69, 9.17) is 15.8 Å². The number of pyridine rings is 1. The van der Waals surface area contributed by atoms with Crippen LogP contribution in [-0.2, 0) is 4.79 Å². The molecule has 0 unspecified atom stereocenters. The fourth-order valence-corrected chi connectivity index (χ4v) is 7.18. The van der Waals surface area contributed by atoms with Crippen molar-refractivity contribution in [3.05, 3.63) is 35.6 Å². The van der Waals surface area contributed by atoms with E-state index >= 15 is 0 Å². The van der Waals surface area contributed by atoms with Crippen molar-refractivity contribution in [3.8, 4) is 22.0 Å². The number of hydrogen-bond donors (Lipinski definition) is 4. The third kappa shape index (κ3) is 6.24. The summed E-state index contributed by atoms with van der Waals surface area (Å²) in [5, 5.41) is 26.0. The number of rotatable bonds is 8. The van der Waals surface area contributed by atoms with Gasteiger partial charge in [-0.05, 0) is 70.6 Å². The van der Waals surface area contributed by atoms with Gasteiger partial charge in [-0.1, -0.05) is 24.2 Å². The van der Waals surface area contributed by atoms with Crippen LogP contribution in [-0.4, -0.2) is 59.9 Å². The quantitative estimate of drug-likeness (QED) is 0.224. The molecule has 42 heavy (non-hydrogen) atoms. The van der Waals surface area contributed by atoms with Crippen molar-refractivity contribution in [1.82, 2.24) is 35.1 Å². The number of nitrogens with two attached hydrogens (primary N) is 1. The minimum Gasteiger partial charge on any atom is -0.382 e. The van der Waals surface area contributed by atoms with Crippen molar-refractivity contribution < 1.29 is 4.79 Å². The second kappa shape index (κ2) is 12.3. The predicted octanol–water partition coefficient (Wildman–Crippen LogP) is 4.97. The van der Waals surface area contributed by atoms with Crippen LogP contribution in [0.1, 0.15) is 83.1 Å². The van der Waals surface area contributed by atoms with Gasteiger partial charge in [-0.15, -0.1) is 15.3 Å². The molecular formula is C30H40N10OS. The molecule has 2 aliphatic rings. The monoisotopic (exact) mass is 588 g/mol. The lowest BCUT2D eigenvalue weighted by atomic mass is 9.86. The molecular weight excluding hydrogens is 548 g/mol. The molecule has 0 spiro atoms. The first-order valence-corrected chi connectivity index (χ1v) is 15.9. The Balaban J connectivity index is 1.25. The first-order valence-electron chi connectivity index (χ1n) is 15.1. The molecule has 4 aromatic heterocycles. The fraction of sp³-hybridized carbons (Fsp3) is 0.533. The van der Waals surface area contributed by atoms with Gasteiger partial charge < -0.3 is 21.7 Å². The van der Waals surface area contributed by atoms with E-state index < -0.39 is 0 Å². The van der Waals surface area contributed by atoms with Crippen molar-refractivity contribution in [2.45, 2.75) is 102 Å². The Kier molecular flexibility index (Phi) is 8.34. The highest BCUT2D eigenvalue weighted by Gasteiger charge is 2.27. The van der Waals surface area contributed by atoms with Gasteiger partial charge in [0, 0.05) is 48.9 Å². The van der Waals surface area contributed by atoms with E-state index in [0.717, 1.165) is 76.7 Å². The Hall–Kier alpha value is -3.64. The third-order valence-corrected chi connectivity index (χ3v) is 9.42. The van der Waals surface area contributed by atoms with E-state index in [1.54, 1.807) is 18.3 Å². The highest BCUT2D eigenvalue weighted by molar-refractivity contribution is 7.14. The highest BCUT2D eigenvalue weighted by atomic mass is 32.1. The Morgan fingerprint density at radius 3 is 2.62 bits per heavy atom. The SMILES string of the molecule is CC(=O)NC1CCC(c2nnc(-c3cnc(-c4ccc5cnc(N[C@@H]6CCCC[C@@H]6N)nn45)cc3NC(C)C)s2)CC1. The summed E-state index contributed by atoms with van der Waals surface area (Å²) in [6.45, 7) is 5.83. The number of anilines is 2. The second-order valence-corrected chi connectivity index (χ2v) is 13.0. The molecule has 222 valence electrons. The van der Waals surface area contributed by atoms with E-state index in [2.05, 4.69) is 51.0 Å². The van der Waals surface area contributed by atoms with Crippen LogP contribution in [0.15, 0.2) is 30.6 Å². The smallest absolute Gasteiger partial charge is 0.241 e. The Labute approximate surface area is 250 Å². The number of nitrogens with one attached hydrogen (secondary N) is 3. The number of carbonyl (C=O) groups is 1. The maximum Gasteiger partial charge on any atom is 0.241 e. The lowest BCUT2D eigenvalue weighted by Gasteiger charge is -2.29. The molecule has 2 atom stereocenters. The van der Waals surface area contributed by atoms with Crippen LogP contribution < -0.4 is 21.7 Å². The maximum atomic E-state index is 11.4. The molecule has 5 N–H and O–H groups in total. The van der Waals surface area contributed by atoms with Crippen LogP contribution in [0.2, 0.25) is 0 Å². The number of fused-ring (bicyclic) bond motifs is 1. The summed E-state index contributed by atoms with van der Waals surface area (Å²) >= 11 is 1.64. The normalized spacial score (nSPS) is 22.8. The van der Waals surface area contributed by atoms with Crippen LogP contribution in [0.25, 0.3) is 27.5 Å². The highest BCUT2D eigenvalue weighted by Crippen LogP contribution is 2.39. The van der Waals surface area contributed by atoms with Gasteiger partial charge in [0.25, 0.3) is 0 Å². The minimum atomic E-state index is 0.0414. The molecule has 0 radical (unpaired) electrons. The largest absolute Gasteiger partial charge is 0.382 e. The zero-order valence-corrected chi connectivity index (χ0v) is 25.3. The summed E-state index contributed by atoms with van der Waals surface area (Å²) in [6, 6.07) is 6.88. The molecule has 0 aromatic carbocycles. The Bertz CT molecular complexity index is 1540. The summed E-state index contributed by atoms with van der Waals surface area (Å²) in [6.07, 6.45) is 12.0. The zero-order chi connectivity index (χ0) is 29.2. The van der Waals surface area contributed by atoms with Gasteiger partial charge in [-0.25, -0.2) is 9.50 Å². The molecule has 4 aromatic rings. The van der Waals surface area contributed by atoms with Gasteiger partial charge in [-0.2, -0.15) is 0 Å². The van der Waals surface area contributed by atoms with Crippen molar-refractivity contribution in [2.75, 3.05) is 10.6 Å². The maximum absolute atomic E-state index is 11.4. The molecule has 2 saturated carbocycles. The van der Waals surface area contributed by atoms with E-state index in [1.807, 2.05) is 29.0 Å². The van der Waals surface area contributed by atoms with Crippen molar-refractivity contribution >= 4 is 34.4 Å². The summed E-state index contributed by atoms with van der Waals surface area (Å²) in [4.78, 5) is 20.9. The average molecular weight is 589 g/mol. The third-order valence-electron chi connectivity index (χ3n) is 8.30. The topological polar surface area (TPSA) is 148 Å². The van der Waals surface area contributed by atoms with Crippen molar-refractivity contribution in [2.24, 2.45) is 5.73 Å². The van der Waals surface area contributed by atoms with Gasteiger partial charge in [-0.3, -0.25) is 9.78 Å². The molecule has 4 heterocycles. The molecule has 0 saturated heterocycles. The van der Waals surface area contributed by atoms with Crippen LogP contribution >= 0.6 is 11.3 Å². The van der Waals surface area contributed by atoms with Gasteiger partial charge in [0.15, 0.2) is 5.01 Å². The van der Waals surface area contributed by atoms with Crippen LogP contribution in [0.5, 0.6) is 0 Å². The Morgan fingerprint density at radius 1 is 1.05 bits per heavy atom. The summed E-state index contributed by atoms with van der Waals surface area (Å²) < 4.78 is 1.89. The summed E-state index contributed by atoms with van der Waals surface area (Å²) in [7, 11) is 0. The van der Waals surface area contributed by atoms with Crippen LogP contribution in [0.3, 0.4) is 0 Å². The standard InChI is InChI=1S/C30H40N10OS/c1-17(2)34-25-14-26(27-13-12-21-15-33-30(39-40(21)27)36-24-7-5-4-6-23(24)31)32-16-22(25)29-38-37-28(42-29)19-8-10-20(11-9-19)35-18(3)41/h12-17,19-20,23-24H,4-11,31H2,1-3H3,(H,32,34)(H,35,41)(H,36,39)/t19?,20?,23-,24+/m0/s1. The van der Waals surface area contributed by atoms with E-state index in [1.165, 1.54) is 12.8 Å². The molecule has 6 rings (SSSR count). The number of aromatic nitrogens is 6. The molecule has 1 amide bonds. The van der Waals surface area contributed by atoms with E-state index in [0.29, 0.717) is 11.9 Å². The molecule has 2 aliphatic carbocycles. The molecule has 0 bridgehead atoms. The van der Waals surface area contributed by atoms with Gasteiger partial charge in [0.1, 0.15) is 5.01 Å². The fourth-order valence-electron chi connectivity index (χ4n) is 6.14. The number of amides is 1. The van der Waals surface area contributed by atoms with Crippen LogP contribution in [0, 0.1) is 0 Å². The van der Waals surface area contributed by atoms with Crippen LogP contribution in [0.4, 0.5) is 11.6 Å². The molecule has 0 aliphatic heterocycles. The van der Waals surface area contributed by atoms with Gasteiger partial charge in [0.2, 0.25) is 11.9 Å². The summed E-state index contributed by atoms with van der Waals surface area (Å²) in [5.74, 6) is 0.986. The van der Waals surface area contributed by atoms with Gasteiger partial charge in [0.05, 0.1) is 28.7 Å². The lowest BCUT2D eigenvalue weighted by molar-refractivity contribution is -0.119. The number of nitrogens with zero attached hydrogens (tertiary/aromatic N) is 6. The first-order chi connectivity index (χ1) is 20.3. The molecule has 2 fully saturated rings. The molecule has 12 heteroatoms. The van der Waals surface area contributed by atoms with Crippen molar-refractivity contribution in [1.29, 1.82) is 0 Å². The number of carbonyl (C=O) groups excluding carboxylic acids is 1. The van der Waals surface area contributed by atoms with Crippen molar-refractivity contribution in [3.63, 3.8) is 0 Å². The summed E-state index contributed by atoms with van der Waals surface area (Å²) in [5.41, 5.74) is 10.8. The molecule has 11 nitrogen and oxygen atoms in total. The average Bonchev–Trinajstić information content (AvgIpc) is 3.62. The van der Waals surface area contributed by atoms with Gasteiger partial charge >= 0.3 is 0 Å². The predicted molar refractivity (Wildman–Crippen MR) is 167 cm³/mol. The first kappa shape index (κ1) is 28.5. The van der Waals surface area contributed by atoms with E-state index in [9.17, 15) is 4.79 Å². The van der Waals surface area contributed by atoms with E-state index in [-0.39, 0.29) is 30.1 Å². The zero-order valence-electron chi connectivity index (χ0n) is 24.5. The minimum absolute atomic E-state index is 0.0414. The second-order valence-electron chi connectivity index (χ2n) is 11.9. The Morgan fingerprint density at radius 2 is 1.86 bits per heavy atom. The number of hydrogen-bond acceptors (Lipinski definition) is 10.